The first-order valence-corrected chi connectivity index (χ1v) is 6.19. The van der Waals surface area contributed by atoms with Crippen LogP contribution in [-0.2, 0) is 0 Å². The Bertz CT molecular complexity index is 437. The fraction of sp³-hybridized carbons (Fsp3) is 0.429. The van der Waals surface area contributed by atoms with E-state index in [1.165, 1.54) is 0 Å². The van der Waals surface area contributed by atoms with Gasteiger partial charge in [-0.05, 0) is 25.5 Å². The Morgan fingerprint density at radius 3 is 2.83 bits per heavy atom. The minimum Gasteiger partial charge on any atom is -0.384 e. The lowest BCUT2D eigenvalue weighted by Gasteiger charge is -2.12. The molecule has 1 aromatic rings. The van der Waals surface area contributed by atoms with E-state index in [0.717, 1.165) is 18.7 Å². The lowest BCUT2D eigenvalue weighted by atomic mass is 10.1. The van der Waals surface area contributed by atoms with Gasteiger partial charge in [0.25, 0.3) is 5.91 Å². The second-order valence-electron chi connectivity index (χ2n) is 4.21. The summed E-state index contributed by atoms with van der Waals surface area (Å²) in [6.45, 7) is 5.06. The van der Waals surface area contributed by atoms with E-state index < -0.39 is 0 Å². The fourth-order valence-corrected chi connectivity index (χ4v) is 1.48. The van der Waals surface area contributed by atoms with Gasteiger partial charge in [-0.3, -0.25) is 4.79 Å². The molecule has 0 radical (unpaired) electrons. The molecular weight excluding hydrogens is 226 g/mol. The van der Waals surface area contributed by atoms with E-state index in [-0.39, 0.29) is 11.8 Å². The van der Waals surface area contributed by atoms with Gasteiger partial charge in [-0.25, -0.2) is 0 Å². The van der Waals surface area contributed by atoms with Crippen LogP contribution >= 0.6 is 0 Å². The van der Waals surface area contributed by atoms with Gasteiger partial charge in [-0.1, -0.05) is 19.1 Å². The van der Waals surface area contributed by atoms with Gasteiger partial charge in [-0.2, -0.15) is 5.26 Å². The Balaban J connectivity index is 2.69. The third kappa shape index (κ3) is 4.10. The minimum absolute atomic E-state index is 0.142. The minimum atomic E-state index is -0.176. The molecule has 0 fully saturated rings. The van der Waals surface area contributed by atoms with Gasteiger partial charge in [0, 0.05) is 18.8 Å². The van der Waals surface area contributed by atoms with E-state index in [4.69, 9.17) is 5.26 Å². The van der Waals surface area contributed by atoms with Gasteiger partial charge in [0.1, 0.15) is 0 Å². The maximum Gasteiger partial charge on any atom is 0.253 e. The quantitative estimate of drug-likeness (QED) is 0.808. The molecule has 1 unspecified atom stereocenters. The molecule has 1 rings (SSSR count). The third-order valence-electron chi connectivity index (χ3n) is 2.53. The molecule has 96 valence electrons. The molecule has 4 heteroatoms. The Kier molecular flexibility index (Phi) is 5.72. The van der Waals surface area contributed by atoms with Crippen LogP contribution in [0, 0.1) is 17.2 Å². The summed E-state index contributed by atoms with van der Waals surface area (Å²) in [6.07, 6.45) is 1.00. The molecule has 0 aliphatic rings. The predicted molar refractivity (Wildman–Crippen MR) is 72.3 cm³/mol. The highest BCUT2D eigenvalue weighted by Crippen LogP contribution is 2.14. The third-order valence-corrected chi connectivity index (χ3v) is 2.53. The lowest BCUT2D eigenvalue weighted by Crippen LogP contribution is -2.28. The highest BCUT2D eigenvalue weighted by molar-refractivity contribution is 5.99. The summed E-state index contributed by atoms with van der Waals surface area (Å²) in [4.78, 5) is 12.0. The molecule has 18 heavy (non-hydrogen) atoms. The molecular formula is C14H19N3O. The highest BCUT2D eigenvalue weighted by atomic mass is 16.1. The molecule has 0 bridgehead atoms. The first-order chi connectivity index (χ1) is 8.69. The van der Waals surface area contributed by atoms with Crippen LogP contribution in [0.2, 0.25) is 0 Å². The van der Waals surface area contributed by atoms with E-state index in [2.05, 4.69) is 23.6 Å². The maximum atomic E-state index is 12.0. The van der Waals surface area contributed by atoms with Gasteiger partial charge >= 0.3 is 0 Å². The second kappa shape index (κ2) is 7.33. The molecule has 1 aromatic carbocycles. The van der Waals surface area contributed by atoms with Gasteiger partial charge in [0.05, 0.1) is 17.6 Å². The van der Waals surface area contributed by atoms with Gasteiger partial charge in [-0.15, -0.1) is 0 Å². The number of carbonyl (C=O) groups excluding carboxylic acids is 1. The number of hydrogen-bond acceptors (Lipinski definition) is 3. The second-order valence-corrected chi connectivity index (χ2v) is 4.21. The molecule has 0 saturated heterocycles. The zero-order valence-corrected chi connectivity index (χ0v) is 10.9. The molecule has 2 N–H and O–H groups in total. The zero-order valence-electron chi connectivity index (χ0n) is 10.9. The van der Waals surface area contributed by atoms with Gasteiger partial charge in [0.2, 0.25) is 0 Å². The van der Waals surface area contributed by atoms with E-state index in [0.29, 0.717) is 12.1 Å². The summed E-state index contributed by atoms with van der Waals surface area (Å²) in [5, 5.41) is 14.7. The molecule has 0 aliphatic carbocycles. The maximum absolute atomic E-state index is 12.0. The van der Waals surface area contributed by atoms with Crippen molar-refractivity contribution in [1.29, 1.82) is 5.26 Å². The Hall–Kier alpha value is -2.02. The molecule has 0 saturated carbocycles. The summed E-state index contributed by atoms with van der Waals surface area (Å²) >= 11 is 0. The molecule has 1 atom stereocenters. The molecule has 1 amide bonds. The molecule has 4 nitrogen and oxygen atoms in total. The Morgan fingerprint density at radius 2 is 2.17 bits per heavy atom. The van der Waals surface area contributed by atoms with Crippen molar-refractivity contribution in [2.24, 2.45) is 5.92 Å². The number of nitriles is 1. The van der Waals surface area contributed by atoms with Crippen molar-refractivity contribution in [2.75, 3.05) is 18.4 Å². The van der Waals surface area contributed by atoms with E-state index >= 15 is 0 Å². The summed E-state index contributed by atoms with van der Waals surface area (Å²) in [5.41, 5.74) is 1.46. The summed E-state index contributed by atoms with van der Waals surface area (Å²) in [7, 11) is 0. The van der Waals surface area contributed by atoms with Crippen LogP contribution in [0.25, 0.3) is 0 Å². The van der Waals surface area contributed by atoms with Crippen molar-refractivity contribution in [3.63, 3.8) is 0 Å². The van der Waals surface area contributed by atoms with Crippen molar-refractivity contribution in [3.05, 3.63) is 29.8 Å². The van der Waals surface area contributed by atoms with Gasteiger partial charge < -0.3 is 10.6 Å². The Morgan fingerprint density at radius 1 is 1.44 bits per heavy atom. The van der Waals surface area contributed by atoms with Crippen molar-refractivity contribution < 1.29 is 4.79 Å². The molecule has 0 aliphatic heterocycles. The lowest BCUT2D eigenvalue weighted by molar-refractivity contribution is 0.0951. The first-order valence-electron chi connectivity index (χ1n) is 6.19. The molecule has 0 heterocycles. The molecule has 0 aromatic heterocycles. The summed E-state index contributed by atoms with van der Waals surface area (Å²) in [6, 6.07) is 9.49. The largest absolute Gasteiger partial charge is 0.384 e. The Labute approximate surface area is 108 Å². The van der Waals surface area contributed by atoms with E-state index in [9.17, 15) is 4.79 Å². The first kappa shape index (κ1) is 14.0. The number of para-hydroxylation sites is 1. The zero-order chi connectivity index (χ0) is 13.4. The van der Waals surface area contributed by atoms with Crippen molar-refractivity contribution in [2.45, 2.75) is 20.3 Å². The number of nitrogens with zero attached hydrogens (tertiary/aromatic N) is 1. The predicted octanol–water partition coefficient (Wildman–Crippen LogP) is 2.40. The number of nitrogens with one attached hydrogen (secondary N) is 2. The van der Waals surface area contributed by atoms with Crippen LogP contribution in [0.1, 0.15) is 30.6 Å². The van der Waals surface area contributed by atoms with Crippen molar-refractivity contribution >= 4 is 11.6 Å². The summed E-state index contributed by atoms with van der Waals surface area (Å²) < 4.78 is 0. The van der Waals surface area contributed by atoms with Crippen molar-refractivity contribution in [3.8, 4) is 6.07 Å². The average Bonchev–Trinajstić information content (AvgIpc) is 2.42. The van der Waals surface area contributed by atoms with Crippen LogP contribution < -0.4 is 10.6 Å². The standard InChI is InChI=1S/C14H19N3O/c1-3-8-16-13-7-5-4-6-12(13)14(18)17-10-11(2)9-15/h4-7,11,16H,3,8,10H2,1-2H3,(H,17,18). The normalized spacial score (nSPS) is 11.4. The van der Waals surface area contributed by atoms with E-state index in [1.54, 1.807) is 13.0 Å². The SMILES string of the molecule is CCCNc1ccccc1C(=O)NCC(C)C#N. The van der Waals surface area contributed by atoms with Crippen LogP contribution in [0.3, 0.4) is 0 Å². The fourth-order valence-electron chi connectivity index (χ4n) is 1.48. The van der Waals surface area contributed by atoms with Crippen LogP contribution in [0.5, 0.6) is 0 Å². The summed E-state index contributed by atoms with van der Waals surface area (Å²) in [5.74, 6) is -0.319. The van der Waals surface area contributed by atoms with E-state index in [1.807, 2.05) is 18.2 Å². The number of anilines is 1. The number of benzene rings is 1. The van der Waals surface area contributed by atoms with Crippen LogP contribution in [-0.4, -0.2) is 19.0 Å². The average molecular weight is 245 g/mol. The van der Waals surface area contributed by atoms with Crippen LogP contribution in [0.15, 0.2) is 24.3 Å². The van der Waals surface area contributed by atoms with Crippen molar-refractivity contribution in [1.82, 2.24) is 5.32 Å². The monoisotopic (exact) mass is 245 g/mol. The number of rotatable bonds is 6. The number of hydrogen-bond donors (Lipinski definition) is 2. The smallest absolute Gasteiger partial charge is 0.253 e. The highest BCUT2D eigenvalue weighted by Gasteiger charge is 2.11. The van der Waals surface area contributed by atoms with Crippen LogP contribution in [0.4, 0.5) is 5.69 Å². The number of carbonyl (C=O) groups is 1. The molecule has 0 spiro atoms. The number of amides is 1. The van der Waals surface area contributed by atoms with Gasteiger partial charge in [0.15, 0.2) is 0 Å². The topological polar surface area (TPSA) is 64.9 Å².